The van der Waals surface area contributed by atoms with Crippen LogP contribution in [0.15, 0.2) is 4.52 Å². The Balaban J connectivity index is 2.48. The lowest BCUT2D eigenvalue weighted by Crippen LogP contribution is -2.23. The Labute approximate surface area is 77.2 Å². The molecule has 74 valence electrons. The molecular formula is C8H15N3O2. The first-order valence-corrected chi connectivity index (χ1v) is 4.36. The second-order valence-corrected chi connectivity index (χ2v) is 2.97. The van der Waals surface area contributed by atoms with Crippen LogP contribution in [0.5, 0.6) is 0 Å². The van der Waals surface area contributed by atoms with Crippen LogP contribution in [0.4, 0.5) is 0 Å². The largest absolute Gasteiger partial charge is 0.396 e. The maximum atomic E-state index is 8.62. The summed E-state index contributed by atoms with van der Waals surface area (Å²) in [6.45, 7) is 2.09. The van der Waals surface area contributed by atoms with Crippen molar-refractivity contribution >= 4 is 0 Å². The van der Waals surface area contributed by atoms with Crippen molar-refractivity contribution in [3.8, 4) is 0 Å². The average Bonchev–Trinajstić information content (AvgIpc) is 2.53. The van der Waals surface area contributed by atoms with E-state index in [0.717, 1.165) is 6.42 Å². The van der Waals surface area contributed by atoms with E-state index in [-0.39, 0.29) is 6.61 Å². The van der Waals surface area contributed by atoms with Crippen LogP contribution in [-0.4, -0.2) is 34.9 Å². The van der Waals surface area contributed by atoms with Crippen molar-refractivity contribution in [2.24, 2.45) is 0 Å². The highest BCUT2D eigenvalue weighted by Crippen LogP contribution is 2.01. The summed E-state index contributed by atoms with van der Waals surface area (Å²) >= 11 is 0. The number of aliphatic hydroxyl groups is 1. The molecular weight excluding hydrogens is 170 g/mol. The fourth-order valence-corrected chi connectivity index (χ4v) is 0.939. The summed E-state index contributed by atoms with van der Waals surface area (Å²) in [4.78, 5) is 4.11. The van der Waals surface area contributed by atoms with Crippen molar-refractivity contribution in [1.82, 2.24) is 15.5 Å². The molecule has 1 atom stereocenters. The zero-order valence-corrected chi connectivity index (χ0v) is 7.95. The molecule has 5 heteroatoms. The van der Waals surface area contributed by atoms with Gasteiger partial charge >= 0.3 is 0 Å². The van der Waals surface area contributed by atoms with Gasteiger partial charge in [-0.15, -0.1) is 0 Å². The fourth-order valence-electron chi connectivity index (χ4n) is 0.939. The molecule has 0 aliphatic carbocycles. The molecule has 1 aromatic rings. The predicted octanol–water partition coefficient (Wildman–Crippen LogP) is -0.245. The third-order valence-corrected chi connectivity index (χ3v) is 1.82. The van der Waals surface area contributed by atoms with Gasteiger partial charge in [0.15, 0.2) is 5.82 Å². The van der Waals surface area contributed by atoms with Crippen LogP contribution in [0.25, 0.3) is 0 Å². The van der Waals surface area contributed by atoms with Crippen LogP contribution in [-0.2, 0) is 12.8 Å². The second kappa shape index (κ2) is 4.94. The Kier molecular flexibility index (Phi) is 3.85. The molecule has 0 bridgehead atoms. The van der Waals surface area contributed by atoms with E-state index in [4.69, 9.17) is 9.63 Å². The molecule has 0 fully saturated rings. The molecule has 0 saturated carbocycles. The molecule has 0 aromatic carbocycles. The first-order valence-electron chi connectivity index (χ1n) is 4.36. The smallest absolute Gasteiger partial charge is 0.228 e. The van der Waals surface area contributed by atoms with Crippen molar-refractivity contribution in [3.63, 3.8) is 0 Å². The Bertz CT molecular complexity index is 249. The first kappa shape index (κ1) is 10.1. The van der Waals surface area contributed by atoms with Crippen molar-refractivity contribution in [2.75, 3.05) is 13.7 Å². The predicted molar refractivity (Wildman–Crippen MR) is 47.3 cm³/mol. The lowest BCUT2D eigenvalue weighted by atomic mass is 10.2. The van der Waals surface area contributed by atoms with Crippen LogP contribution < -0.4 is 5.32 Å². The van der Waals surface area contributed by atoms with Crippen molar-refractivity contribution in [2.45, 2.75) is 25.8 Å². The number of likely N-dealkylation sites (N-methyl/N-ethyl adjacent to an activating group) is 1. The Morgan fingerprint density at radius 2 is 2.38 bits per heavy atom. The normalized spacial score (nSPS) is 13.2. The van der Waals surface area contributed by atoms with Gasteiger partial charge in [0.05, 0.1) is 6.61 Å². The summed E-state index contributed by atoms with van der Waals surface area (Å²) < 4.78 is 4.98. The maximum absolute atomic E-state index is 8.62. The number of rotatable bonds is 5. The summed E-state index contributed by atoms with van der Waals surface area (Å²) in [7, 11) is 1.88. The molecule has 1 rings (SSSR count). The first-order chi connectivity index (χ1) is 6.26. The summed E-state index contributed by atoms with van der Waals surface area (Å²) in [5.74, 6) is 1.19. The average molecular weight is 185 g/mol. The molecule has 0 aliphatic heterocycles. The van der Waals surface area contributed by atoms with E-state index in [9.17, 15) is 0 Å². The van der Waals surface area contributed by atoms with Gasteiger partial charge in [0, 0.05) is 18.9 Å². The summed E-state index contributed by atoms with van der Waals surface area (Å²) in [5, 5.41) is 15.4. The maximum Gasteiger partial charge on any atom is 0.228 e. The van der Waals surface area contributed by atoms with E-state index in [2.05, 4.69) is 15.5 Å². The minimum absolute atomic E-state index is 0.0561. The molecule has 0 aliphatic rings. The number of hydrogen-bond acceptors (Lipinski definition) is 5. The monoisotopic (exact) mass is 185 g/mol. The highest BCUT2D eigenvalue weighted by atomic mass is 16.5. The summed E-state index contributed by atoms with van der Waals surface area (Å²) in [6, 6.07) is 0.322. The standard InChI is InChI=1S/C8H15N3O2/c1-6(9-2)5-8-10-7(3-4-12)11-13-8/h6,9,12H,3-5H2,1-2H3. The third-order valence-electron chi connectivity index (χ3n) is 1.82. The number of nitrogens with one attached hydrogen (secondary N) is 1. The van der Waals surface area contributed by atoms with Crippen molar-refractivity contribution in [1.29, 1.82) is 0 Å². The van der Waals surface area contributed by atoms with Crippen LogP contribution in [0.2, 0.25) is 0 Å². The van der Waals surface area contributed by atoms with Crippen LogP contribution in [0, 0.1) is 0 Å². The van der Waals surface area contributed by atoms with Crippen molar-refractivity contribution < 1.29 is 9.63 Å². The van der Waals surface area contributed by atoms with Gasteiger partial charge in [0.2, 0.25) is 5.89 Å². The number of aromatic nitrogens is 2. The molecule has 1 heterocycles. The second-order valence-electron chi connectivity index (χ2n) is 2.97. The van der Waals surface area contributed by atoms with Crippen LogP contribution >= 0.6 is 0 Å². The quantitative estimate of drug-likeness (QED) is 0.662. The molecule has 13 heavy (non-hydrogen) atoms. The summed E-state index contributed by atoms with van der Waals surface area (Å²) in [6.07, 6.45) is 1.17. The zero-order valence-electron chi connectivity index (χ0n) is 7.95. The number of hydrogen-bond donors (Lipinski definition) is 2. The lowest BCUT2D eigenvalue weighted by Gasteiger charge is -2.04. The van der Waals surface area contributed by atoms with Crippen molar-refractivity contribution in [3.05, 3.63) is 11.7 Å². The van der Waals surface area contributed by atoms with E-state index in [1.807, 2.05) is 14.0 Å². The van der Waals surface area contributed by atoms with E-state index in [1.54, 1.807) is 0 Å². The third kappa shape index (κ3) is 3.12. The number of aliphatic hydroxyl groups excluding tert-OH is 1. The van der Waals surface area contributed by atoms with Crippen LogP contribution in [0.3, 0.4) is 0 Å². The molecule has 1 aromatic heterocycles. The van der Waals surface area contributed by atoms with Gasteiger partial charge in [-0.1, -0.05) is 5.16 Å². The van der Waals surface area contributed by atoms with E-state index in [0.29, 0.717) is 24.2 Å². The van der Waals surface area contributed by atoms with Gasteiger partial charge in [-0.2, -0.15) is 4.98 Å². The molecule has 0 saturated heterocycles. The lowest BCUT2D eigenvalue weighted by molar-refractivity contribution is 0.292. The topological polar surface area (TPSA) is 71.2 Å². The highest BCUT2D eigenvalue weighted by Gasteiger charge is 2.08. The SMILES string of the molecule is CNC(C)Cc1nc(CCO)no1. The molecule has 0 radical (unpaired) electrons. The minimum atomic E-state index is 0.0561. The van der Waals surface area contributed by atoms with E-state index < -0.39 is 0 Å². The van der Waals surface area contributed by atoms with E-state index in [1.165, 1.54) is 0 Å². The molecule has 1 unspecified atom stereocenters. The molecule has 0 spiro atoms. The molecule has 2 N–H and O–H groups in total. The molecule has 5 nitrogen and oxygen atoms in total. The van der Waals surface area contributed by atoms with E-state index >= 15 is 0 Å². The molecule has 0 amide bonds. The van der Waals surface area contributed by atoms with Gasteiger partial charge in [0.25, 0.3) is 0 Å². The number of nitrogens with zero attached hydrogens (tertiary/aromatic N) is 2. The Morgan fingerprint density at radius 1 is 1.62 bits per heavy atom. The highest BCUT2D eigenvalue weighted by molar-refractivity contribution is 4.88. The van der Waals surface area contributed by atoms with Gasteiger partial charge in [-0.05, 0) is 14.0 Å². The Morgan fingerprint density at radius 3 is 3.00 bits per heavy atom. The van der Waals surface area contributed by atoms with Gasteiger partial charge < -0.3 is 14.9 Å². The van der Waals surface area contributed by atoms with Crippen LogP contribution in [0.1, 0.15) is 18.6 Å². The van der Waals surface area contributed by atoms with Gasteiger partial charge in [-0.25, -0.2) is 0 Å². The summed E-state index contributed by atoms with van der Waals surface area (Å²) in [5.41, 5.74) is 0. The van der Waals surface area contributed by atoms with Gasteiger partial charge in [0.1, 0.15) is 0 Å². The Hall–Kier alpha value is -0.940. The minimum Gasteiger partial charge on any atom is -0.396 e. The van der Waals surface area contributed by atoms with Gasteiger partial charge in [-0.3, -0.25) is 0 Å². The fraction of sp³-hybridized carbons (Fsp3) is 0.750. The zero-order chi connectivity index (χ0) is 9.68.